The zero-order chi connectivity index (χ0) is 18.1. The van der Waals surface area contributed by atoms with E-state index < -0.39 is 39.2 Å². The molecule has 0 radical (unpaired) electrons. The summed E-state index contributed by atoms with van der Waals surface area (Å²) in [7, 11) is 0. The molecule has 130 valence electrons. The third-order valence-electron chi connectivity index (χ3n) is 3.81. The fourth-order valence-corrected chi connectivity index (χ4v) is 3.82. The van der Waals surface area contributed by atoms with Gasteiger partial charge in [-0.3, -0.25) is 14.9 Å². The highest BCUT2D eigenvalue weighted by molar-refractivity contribution is 7.99. The van der Waals surface area contributed by atoms with Crippen molar-refractivity contribution in [3.8, 4) is 0 Å². The van der Waals surface area contributed by atoms with E-state index in [1.165, 1.54) is 40.9 Å². The summed E-state index contributed by atoms with van der Waals surface area (Å²) in [6.07, 6.45) is 0. The maximum atomic E-state index is 13.9. The van der Waals surface area contributed by atoms with Gasteiger partial charge in [0.05, 0.1) is 10.5 Å². The number of carbonyl (C=O) groups is 1. The second-order valence-corrected chi connectivity index (χ2v) is 6.48. The molecule has 0 spiro atoms. The van der Waals surface area contributed by atoms with Crippen molar-refractivity contribution in [2.45, 2.75) is 5.37 Å². The van der Waals surface area contributed by atoms with Crippen LogP contribution >= 0.6 is 11.8 Å². The van der Waals surface area contributed by atoms with Crippen LogP contribution in [0.25, 0.3) is 0 Å². The highest BCUT2D eigenvalue weighted by Crippen LogP contribution is 2.39. The van der Waals surface area contributed by atoms with Crippen LogP contribution < -0.4 is 0 Å². The molecule has 2 aromatic rings. The molecule has 2 aromatic carbocycles. The van der Waals surface area contributed by atoms with Crippen molar-refractivity contribution in [3.05, 3.63) is 75.1 Å². The Morgan fingerprint density at radius 3 is 2.44 bits per heavy atom. The number of hydrogen-bond donors (Lipinski definition) is 0. The average Bonchev–Trinajstić information content (AvgIpc) is 3.09. The van der Waals surface area contributed by atoms with Crippen LogP contribution in [0.4, 0.5) is 18.9 Å². The molecule has 0 aromatic heterocycles. The van der Waals surface area contributed by atoms with E-state index in [-0.39, 0.29) is 5.69 Å². The summed E-state index contributed by atoms with van der Waals surface area (Å²) in [5.41, 5.74) is -0.00553. The summed E-state index contributed by atoms with van der Waals surface area (Å²) in [6.45, 7) is 0.295. The van der Waals surface area contributed by atoms with Gasteiger partial charge in [0, 0.05) is 24.4 Å². The maximum absolute atomic E-state index is 13.9. The molecule has 1 aliphatic heterocycles. The van der Waals surface area contributed by atoms with Crippen LogP contribution in [0.5, 0.6) is 0 Å². The number of amides is 1. The summed E-state index contributed by atoms with van der Waals surface area (Å²) < 4.78 is 40.3. The smallest absolute Gasteiger partial charge is 0.269 e. The molecule has 1 unspecified atom stereocenters. The Balaban J connectivity index is 1.90. The van der Waals surface area contributed by atoms with Gasteiger partial charge in [0.1, 0.15) is 5.37 Å². The minimum Gasteiger partial charge on any atom is -0.322 e. The summed E-state index contributed by atoms with van der Waals surface area (Å²) >= 11 is 1.40. The lowest BCUT2D eigenvalue weighted by atomic mass is 10.1. The molecule has 0 saturated carbocycles. The van der Waals surface area contributed by atoms with Crippen LogP contribution in [0.3, 0.4) is 0 Å². The van der Waals surface area contributed by atoms with Crippen LogP contribution in [0.2, 0.25) is 0 Å². The Labute approximate surface area is 144 Å². The highest BCUT2D eigenvalue weighted by atomic mass is 32.2. The number of halogens is 3. The van der Waals surface area contributed by atoms with Gasteiger partial charge in [0.15, 0.2) is 17.5 Å². The van der Waals surface area contributed by atoms with Gasteiger partial charge in [-0.1, -0.05) is 0 Å². The molecule has 1 fully saturated rings. The fraction of sp³-hybridized carbons (Fsp3) is 0.188. The lowest BCUT2D eigenvalue weighted by Gasteiger charge is -2.24. The number of hydrogen-bond acceptors (Lipinski definition) is 4. The summed E-state index contributed by atoms with van der Waals surface area (Å²) in [4.78, 5) is 24.1. The number of nitro groups is 1. The third kappa shape index (κ3) is 3.19. The molecule has 0 aliphatic carbocycles. The van der Waals surface area contributed by atoms with Crippen molar-refractivity contribution in [1.29, 1.82) is 0 Å². The molecule has 1 atom stereocenters. The SMILES string of the molecule is O=C(c1ccc(F)c(F)c1F)N1CCSC1c1ccc([N+](=O)[O-])cc1. The van der Waals surface area contributed by atoms with E-state index in [0.29, 0.717) is 23.9 Å². The molecule has 5 nitrogen and oxygen atoms in total. The van der Waals surface area contributed by atoms with Crippen LogP contribution in [0, 0.1) is 27.6 Å². The number of carbonyl (C=O) groups excluding carboxylic acids is 1. The molecule has 1 aliphatic rings. The minimum absolute atomic E-state index is 0.0868. The maximum Gasteiger partial charge on any atom is 0.269 e. The van der Waals surface area contributed by atoms with Crippen molar-refractivity contribution in [3.63, 3.8) is 0 Å². The molecule has 1 saturated heterocycles. The zero-order valence-electron chi connectivity index (χ0n) is 12.6. The van der Waals surface area contributed by atoms with Gasteiger partial charge in [-0.2, -0.15) is 0 Å². The summed E-state index contributed by atoms with van der Waals surface area (Å²) in [5, 5.41) is 10.2. The van der Waals surface area contributed by atoms with E-state index in [0.717, 1.165) is 6.07 Å². The lowest BCUT2D eigenvalue weighted by molar-refractivity contribution is -0.384. The first-order valence-electron chi connectivity index (χ1n) is 7.20. The van der Waals surface area contributed by atoms with Gasteiger partial charge in [-0.15, -0.1) is 11.8 Å². The molecule has 1 amide bonds. The second kappa shape index (κ2) is 6.75. The molecular weight excluding hydrogens is 357 g/mol. The molecule has 1 heterocycles. The molecule has 25 heavy (non-hydrogen) atoms. The number of nitro benzene ring substituents is 1. The van der Waals surface area contributed by atoms with Gasteiger partial charge >= 0.3 is 0 Å². The number of benzene rings is 2. The summed E-state index contributed by atoms with van der Waals surface area (Å²) in [5.74, 6) is -4.77. The first kappa shape index (κ1) is 17.3. The van der Waals surface area contributed by atoms with E-state index >= 15 is 0 Å². The molecule has 3 rings (SSSR count). The lowest BCUT2D eigenvalue weighted by Crippen LogP contribution is -2.31. The first-order chi connectivity index (χ1) is 11.9. The molecule has 0 bridgehead atoms. The van der Waals surface area contributed by atoms with Gasteiger partial charge in [-0.05, 0) is 29.8 Å². The van der Waals surface area contributed by atoms with E-state index in [9.17, 15) is 28.1 Å². The topological polar surface area (TPSA) is 63.5 Å². The van der Waals surface area contributed by atoms with Crippen molar-refractivity contribution in [2.75, 3.05) is 12.3 Å². The third-order valence-corrected chi connectivity index (χ3v) is 5.07. The van der Waals surface area contributed by atoms with Crippen LogP contribution in [-0.4, -0.2) is 28.0 Å². The quantitative estimate of drug-likeness (QED) is 0.468. The Kier molecular flexibility index (Phi) is 4.67. The highest BCUT2D eigenvalue weighted by Gasteiger charge is 2.33. The molecule has 0 N–H and O–H groups in total. The van der Waals surface area contributed by atoms with E-state index in [2.05, 4.69) is 0 Å². The van der Waals surface area contributed by atoms with Gasteiger partial charge in [-0.25, -0.2) is 13.2 Å². The standard InChI is InChI=1S/C16H11F3N2O3S/c17-12-6-5-11(13(18)14(12)19)15(22)20-7-8-25-16(20)9-1-3-10(4-2-9)21(23)24/h1-6,16H,7-8H2. The number of nitrogens with zero attached hydrogens (tertiary/aromatic N) is 2. The minimum atomic E-state index is -1.69. The summed E-state index contributed by atoms with van der Waals surface area (Å²) in [6, 6.07) is 7.28. The second-order valence-electron chi connectivity index (χ2n) is 5.29. The first-order valence-corrected chi connectivity index (χ1v) is 8.25. The number of rotatable bonds is 3. The number of non-ortho nitro benzene ring substituents is 1. The van der Waals surface area contributed by atoms with Crippen LogP contribution in [-0.2, 0) is 0 Å². The predicted octanol–water partition coefficient (Wildman–Crippen LogP) is 3.90. The Hall–Kier alpha value is -2.55. The van der Waals surface area contributed by atoms with Crippen LogP contribution in [0.1, 0.15) is 21.3 Å². The Morgan fingerprint density at radius 1 is 1.12 bits per heavy atom. The van der Waals surface area contributed by atoms with Crippen molar-refractivity contribution < 1.29 is 22.9 Å². The Morgan fingerprint density at radius 2 is 1.80 bits per heavy atom. The van der Waals surface area contributed by atoms with E-state index in [4.69, 9.17) is 0 Å². The molecular formula is C16H11F3N2O3S. The largest absolute Gasteiger partial charge is 0.322 e. The van der Waals surface area contributed by atoms with Gasteiger partial charge < -0.3 is 4.90 Å². The number of thioether (sulfide) groups is 1. The Bertz CT molecular complexity index is 845. The zero-order valence-corrected chi connectivity index (χ0v) is 13.4. The van der Waals surface area contributed by atoms with Gasteiger partial charge in [0.25, 0.3) is 11.6 Å². The van der Waals surface area contributed by atoms with Crippen molar-refractivity contribution >= 4 is 23.4 Å². The normalized spacial score (nSPS) is 16.9. The molecule has 9 heteroatoms. The average molecular weight is 368 g/mol. The van der Waals surface area contributed by atoms with E-state index in [1.807, 2.05) is 0 Å². The van der Waals surface area contributed by atoms with Crippen molar-refractivity contribution in [2.24, 2.45) is 0 Å². The van der Waals surface area contributed by atoms with Gasteiger partial charge in [0.2, 0.25) is 0 Å². The predicted molar refractivity (Wildman–Crippen MR) is 85.6 cm³/mol. The van der Waals surface area contributed by atoms with E-state index in [1.54, 1.807) is 0 Å². The monoisotopic (exact) mass is 368 g/mol. The fourth-order valence-electron chi connectivity index (χ4n) is 2.56. The van der Waals surface area contributed by atoms with Crippen LogP contribution in [0.15, 0.2) is 36.4 Å². The van der Waals surface area contributed by atoms with Crippen molar-refractivity contribution in [1.82, 2.24) is 4.90 Å².